The van der Waals surface area contributed by atoms with Crippen LogP contribution in [0.4, 0.5) is 14.4 Å². The third kappa shape index (κ3) is 99.5. The molecule has 3 amide bonds. The van der Waals surface area contributed by atoms with Crippen molar-refractivity contribution in [2.24, 2.45) is 0 Å². The number of alkyl halides is 4. The number of nitrogens with zero attached hydrogens (tertiary/aromatic N) is 1. The van der Waals surface area contributed by atoms with Gasteiger partial charge >= 0.3 is 42.2 Å². The SMILES string of the molecule is CC(C)(C)OC(=O)NOCCOCCOCC(=O)O.COC(=O)COCCOCCI.COC(=O)COCCOCCON(C(=O)OC(C)(C)C)C(=O)OC(C)(C)C.O=C(O)COCCOCCI.OCCOCCOCCCl.OCCOCCOCCI. The van der Waals surface area contributed by atoms with Crippen LogP contribution >= 0.6 is 79.4 Å². The van der Waals surface area contributed by atoms with E-state index < -0.39 is 53.0 Å². The average molecular weight is 1660 g/mol. The Hall–Kier alpha value is -2.27. The number of ether oxygens (including phenoxy) is 17. The molecule has 5 N–H and O–H groups in total. The van der Waals surface area contributed by atoms with Crippen LogP contribution in [0, 0.1) is 0 Å². The van der Waals surface area contributed by atoms with Crippen LogP contribution < -0.4 is 5.48 Å². The Kier molecular flexibility index (Phi) is 80.4. The highest BCUT2D eigenvalue weighted by molar-refractivity contribution is 14.1. The summed E-state index contributed by atoms with van der Waals surface area (Å²) in [6, 6.07) is 0. The van der Waals surface area contributed by atoms with Crippen molar-refractivity contribution in [3.8, 4) is 0 Å². The van der Waals surface area contributed by atoms with Gasteiger partial charge in [0.05, 0.1) is 173 Å². The van der Waals surface area contributed by atoms with E-state index in [1.165, 1.54) is 14.2 Å². The van der Waals surface area contributed by atoms with Crippen LogP contribution in [-0.4, -0.2) is 303 Å². The number of hydroxylamine groups is 3. The Bertz CT molecular complexity index is 1580. The van der Waals surface area contributed by atoms with Crippen molar-refractivity contribution in [3.05, 3.63) is 0 Å². The highest BCUT2D eigenvalue weighted by atomic mass is 127. The van der Waals surface area contributed by atoms with E-state index >= 15 is 0 Å². The van der Waals surface area contributed by atoms with E-state index in [2.05, 4.69) is 82.7 Å². The molecular weight excluding hydrogens is 1560 g/mol. The van der Waals surface area contributed by atoms with Crippen LogP contribution in [0.2, 0.25) is 0 Å². The minimum absolute atomic E-state index is 0.00406. The van der Waals surface area contributed by atoms with Crippen LogP contribution in [0.5, 0.6) is 0 Å². The third-order valence-corrected chi connectivity index (χ3v) is 8.86. The second-order valence-corrected chi connectivity index (χ2v) is 22.4. The van der Waals surface area contributed by atoms with Crippen molar-refractivity contribution in [3.63, 3.8) is 0 Å². The van der Waals surface area contributed by atoms with Gasteiger partial charge in [-0.15, -0.1) is 11.6 Å². The van der Waals surface area contributed by atoms with Crippen LogP contribution in [-0.2, 0) is 109 Å². The summed E-state index contributed by atoms with van der Waals surface area (Å²) in [6.07, 6.45) is -2.64. The fourth-order valence-electron chi connectivity index (χ4n) is 4.10. The topological polar surface area (TPSA) is 391 Å². The summed E-state index contributed by atoms with van der Waals surface area (Å²) in [5.74, 6) is -2.30. The number of rotatable bonds is 46. The standard InChI is InChI=1S/C17H31NO9.C11H21NO7.C7H13IO4.C6H13ClO3.C6H11IO4.C6H13IO3/c1-16(2,3)26-14(20)18(15(21)27-17(4,5)6)25-11-10-23-8-9-24-12-13(19)22-7;1-11(2,3)19-10(15)12-18-7-6-16-4-5-17-8-9(13)14;1-10-7(9)6-12-5-4-11-3-2-8;7-1-3-9-5-6-10-4-2-8;7-1-2-10-3-4-11-5-6(8)9;7-1-3-9-5-6-10-4-2-8/h8-12H2,1-7H3;4-8H2,1-3H3,(H,12,15)(H,13,14);2-6H2,1H3;8H,1-6H2;1-5H2,(H,8,9);8H,1-6H2. The van der Waals surface area contributed by atoms with Crippen molar-refractivity contribution in [2.75, 3.05) is 218 Å². The number of hydrogen-bond donors (Lipinski definition) is 5. The van der Waals surface area contributed by atoms with E-state index in [0.717, 1.165) is 26.5 Å². The lowest BCUT2D eigenvalue weighted by Gasteiger charge is -2.27. The molecule has 0 bridgehead atoms. The number of aliphatic hydroxyl groups is 2. The Balaban J connectivity index is -0.000000244. The van der Waals surface area contributed by atoms with Crippen LogP contribution in [0.25, 0.3) is 0 Å². The van der Waals surface area contributed by atoms with Crippen molar-refractivity contribution >= 4 is 122 Å². The predicted octanol–water partition coefficient (Wildman–Crippen LogP) is 4.72. The summed E-state index contributed by atoms with van der Waals surface area (Å²) < 4.78 is 86.7. The van der Waals surface area contributed by atoms with Crippen LogP contribution in [0.15, 0.2) is 0 Å². The molecule has 532 valence electrons. The van der Waals surface area contributed by atoms with Gasteiger partial charge in [-0.3, -0.25) is 9.68 Å². The largest absolute Gasteiger partial charge is 0.480 e. The molecule has 0 aliphatic rings. The molecule has 0 heterocycles. The maximum absolute atomic E-state index is 12.2. The number of carboxylic acids is 2. The van der Waals surface area contributed by atoms with Gasteiger partial charge in [0, 0.05) is 19.2 Å². The van der Waals surface area contributed by atoms with Crippen molar-refractivity contribution in [1.29, 1.82) is 0 Å². The lowest BCUT2D eigenvalue weighted by molar-refractivity contribution is -0.150. The van der Waals surface area contributed by atoms with Crippen molar-refractivity contribution in [2.45, 2.75) is 79.1 Å². The van der Waals surface area contributed by atoms with Gasteiger partial charge in [0.15, 0.2) is 0 Å². The number of aliphatic hydroxyl groups excluding tert-OH is 2. The first kappa shape index (κ1) is 97.8. The smallest absolute Gasteiger partial charge is 0.444 e. The number of methoxy groups -OCH3 is 2. The average Bonchev–Trinajstić information content (AvgIpc) is 2.20. The molecule has 0 unspecified atom stereocenters. The fourth-order valence-corrected chi connectivity index (χ4v) is 5.15. The maximum atomic E-state index is 12.2. The molecule has 0 spiro atoms. The van der Waals surface area contributed by atoms with Gasteiger partial charge in [-0.2, -0.15) is 5.48 Å². The highest BCUT2D eigenvalue weighted by Crippen LogP contribution is 2.15. The Morgan fingerprint density at radius 3 is 0.966 bits per heavy atom. The molecule has 0 aliphatic heterocycles. The van der Waals surface area contributed by atoms with Gasteiger partial charge < -0.3 is 101 Å². The third-order valence-electron chi connectivity index (χ3n) is 7.39. The van der Waals surface area contributed by atoms with E-state index in [1.54, 1.807) is 62.3 Å². The van der Waals surface area contributed by atoms with Gasteiger partial charge in [0.2, 0.25) is 0 Å². The van der Waals surface area contributed by atoms with Crippen LogP contribution in [0.1, 0.15) is 62.3 Å². The van der Waals surface area contributed by atoms with Gasteiger partial charge in [-0.05, 0) is 62.3 Å². The number of amides is 3. The summed E-state index contributed by atoms with van der Waals surface area (Å²) in [5.41, 5.74) is -0.0945. The molecule has 0 saturated heterocycles. The van der Waals surface area contributed by atoms with Gasteiger partial charge in [-0.25, -0.2) is 33.6 Å². The fraction of sp³-hybridized carbons (Fsp3) is 0.868. The predicted molar refractivity (Wildman–Crippen MR) is 346 cm³/mol. The highest BCUT2D eigenvalue weighted by Gasteiger charge is 2.32. The van der Waals surface area contributed by atoms with E-state index in [9.17, 15) is 33.6 Å². The minimum Gasteiger partial charge on any atom is -0.480 e. The first-order valence-corrected chi connectivity index (χ1v) is 32.6. The van der Waals surface area contributed by atoms with Crippen molar-refractivity contribution < 1.29 is 144 Å². The molecule has 0 aromatic rings. The normalized spacial score (nSPS) is 10.8. The van der Waals surface area contributed by atoms with E-state index in [4.69, 9.17) is 113 Å². The molecule has 89 heavy (non-hydrogen) atoms. The monoisotopic (exact) mass is 1660 g/mol. The summed E-state index contributed by atoms with van der Waals surface area (Å²) in [7, 11) is 2.60. The number of carbonyl (C=O) groups excluding carboxylic acids is 5. The number of imide groups is 1. The number of halogens is 4. The molecular formula is C53H102ClI3N2O30. The molecule has 0 aromatic heterocycles. The summed E-state index contributed by atoms with van der Waals surface area (Å²) in [5, 5.41) is 33.4. The molecule has 0 saturated carbocycles. The molecule has 0 radical (unpaired) electrons. The molecule has 0 fully saturated rings. The second kappa shape index (κ2) is 73.1. The van der Waals surface area contributed by atoms with E-state index in [0.29, 0.717) is 90.2 Å². The second-order valence-electron chi connectivity index (χ2n) is 18.8. The Labute approximate surface area is 570 Å². The molecule has 0 aromatic carbocycles. The summed E-state index contributed by atoms with van der Waals surface area (Å²) >= 11 is 12.0. The molecule has 0 aliphatic carbocycles. The number of hydrogen-bond acceptors (Lipinski definition) is 28. The summed E-state index contributed by atoms with van der Waals surface area (Å²) in [6.45, 7) is 23.4. The Morgan fingerprint density at radius 1 is 0.393 bits per heavy atom. The lowest BCUT2D eigenvalue weighted by Crippen LogP contribution is -2.44. The number of carbonyl (C=O) groups is 7. The molecule has 32 nitrogen and oxygen atoms in total. The first-order chi connectivity index (χ1) is 42.1. The maximum Gasteiger partial charge on any atom is 0.444 e. The zero-order valence-corrected chi connectivity index (χ0v) is 60.7. The first-order valence-electron chi connectivity index (χ1n) is 27.5. The van der Waals surface area contributed by atoms with Gasteiger partial charge in [0.25, 0.3) is 0 Å². The number of aliphatic carboxylic acids is 2. The summed E-state index contributed by atoms with van der Waals surface area (Å²) in [4.78, 5) is 86.8. The number of nitrogens with one attached hydrogen (secondary N) is 1. The quantitative estimate of drug-likeness (QED) is 0.0137. The van der Waals surface area contributed by atoms with Gasteiger partial charge in [-0.1, -0.05) is 72.8 Å². The lowest BCUT2D eigenvalue weighted by atomic mass is 10.2. The minimum atomic E-state index is -1.02. The van der Waals surface area contributed by atoms with E-state index in [1.807, 2.05) is 0 Å². The molecule has 0 atom stereocenters. The van der Waals surface area contributed by atoms with Crippen LogP contribution in [0.3, 0.4) is 0 Å². The number of carboxylic acid groups (broad SMARTS) is 2. The Morgan fingerprint density at radius 2 is 0.674 bits per heavy atom. The molecule has 36 heteroatoms. The van der Waals surface area contributed by atoms with E-state index in [-0.39, 0.29) is 98.5 Å². The van der Waals surface area contributed by atoms with Gasteiger partial charge in [0.1, 0.15) is 43.2 Å². The molecule has 0 rings (SSSR count). The number of esters is 2. The zero-order chi connectivity index (χ0) is 68.9. The van der Waals surface area contributed by atoms with Crippen molar-refractivity contribution in [1.82, 2.24) is 10.5 Å². The zero-order valence-electron chi connectivity index (χ0n) is 53.5.